The maximum Gasteiger partial charge on any atom is 0.270 e. The summed E-state index contributed by atoms with van der Waals surface area (Å²) in [5.41, 5.74) is 1.36. The van der Waals surface area contributed by atoms with Gasteiger partial charge in [0.2, 0.25) is 0 Å². The van der Waals surface area contributed by atoms with Gasteiger partial charge in [0.1, 0.15) is 11.3 Å². The van der Waals surface area contributed by atoms with Gasteiger partial charge >= 0.3 is 0 Å². The van der Waals surface area contributed by atoms with E-state index in [0.29, 0.717) is 40.7 Å². The summed E-state index contributed by atoms with van der Waals surface area (Å²) in [7, 11) is -4.06. The van der Waals surface area contributed by atoms with Crippen molar-refractivity contribution < 1.29 is 22.6 Å². The van der Waals surface area contributed by atoms with E-state index in [1.807, 2.05) is 0 Å². The molecule has 1 N–H and O–H groups in total. The molecule has 0 radical (unpaired) electrons. The van der Waals surface area contributed by atoms with Gasteiger partial charge in [0.05, 0.1) is 15.4 Å². The van der Waals surface area contributed by atoms with Gasteiger partial charge in [0.25, 0.3) is 15.7 Å². The van der Waals surface area contributed by atoms with Crippen molar-refractivity contribution in [3.8, 4) is 0 Å². The van der Waals surface area contributed by atoms with Crippen LogP contribution < -0.4 is 4.72 Å². The van der Waals surface area contributed by atoms with Crippen molar-refractivity contribution in [2.24, 2.45) is 0 Å². The highest BCUT2D eigenvalue weighted by molar-refractivity contribution is 7.92. The van der Waals surface area contributed by atoms with Crippen molar-refractivity contribution in [3.05, 3.63) is 63.4 Å². The van der Waals surface area contributed by atoms with Gasteiger partial charge in [-0.2, -0.15) is 0 Å². The fourth-order valence-corrected chi connectivity index (χ4v) is 4.75. The molecule has 9 heteroatoms. The smallest absolute Gasteiger partial charge is 0.270 e. The summed E-state index contributed by atoms with van der Waals surface area (Å²) in [6.07, 6.45) is 1.84. The number of Topliss-reactive ketones (excluding diaryl/α,β-unsaturated/α-hetero) is 1. The summed E-state index contributed by atoms with van der Waals surface area (Å²) in [5, 5.41) is 11.5. The summed E-state index contributed by atoms with van der Waals surface area (Å²) >= 11 is 0. The molecule has 0 atom stereocenters. The third-order valence-corrected chi connectivity index (χ3v) is 6.29. The van der Waals surface area contributed by atoms with Gasteiger partial charge in [-0.25, -0.2) is 8.42 Å². The van der Waals surface area contributed by atoms with Crippen molar-refractivity contribution in [1.29, 1.82) is 0 Å². The van der Waals surface area contributed by atoms with E-state index in [1.54, 1.807) is 19.1 Å². The van der Waals surface area contributed by atoms with E-state index in [-0.39, 0.29) is 22.1 Å². The van der Waals surface area contributed by atoms with Crippen LogP contribution in [-0.2, 0) is 16.4 Å². The number of fused-ring (bicyclic) bond motifs is 3. The number of anilines is 1. The number of hydrogen-bond acceptors (Lipinski definition) is 6. The van der Waals surface area contributed by atoms with E-state index < -0.39 is 14.9 Å². The lowest BCUT2D eigenvalue weighted by molar-refractivity contribution is -0.385. The predicted octanol–water partition coefficient (Wildman–Crippen LogP) is 3.97. The number of rotatable bonds is 4. The number of benzene rings is 2. The molecule has 0 saturated heterocycles. The Bertz CT molecular complexity index is 1240. The highest BCUT2D eigenvalue weighted by Crippen LogP contribution is 2.34. The molecular weight excluding hydrogens is 384 g/mol. The third kappa shape index (κ3) is 3.03. The molecular formula is C19H16N2O6S. The van der Waals surface area contributed by atoms with Crippen molar-refractivity contribution in [3.63, 3.8) is 0 Å². The van der Waals surface area contributed by atoms with Crippen LogP contribution in [0.4, 0.5) is 11.4 Å². The Morgan fingerprint density at radius 1 is 1.14 bits per heavy atom. The lowest BCUT2D eigenvalue weighted by Gasteiger charge is -2.11. The largest absolute Gasteiger partial charge is 0.460 e. The van der Waals surface area contributed by atoms with Crippen LogP contribution in [0.3, 0.4) is 0 Å². The molecule has 1 aromatic heterocycles. The maximum atomic E-state index is 12.8. The number of nitro benzene ring substituents is 1. The zero-order valence-corrected chi connectivity index (χ0v) is 15.7. The molecule has 144 valence electrons. The van der Waals surface area contributed by atoms with E-state index in [0.717, 1.165) is 12.5 Å². The van der Waals surface area contributed by atoms with Gasteiger partial charge in [0, 0.05) is 36.0 Å². The van der Waals surface area contributed by atoms with E-state index >= 15 is 0 Å². The van der Waals surface area contributed by atoms with Crippen LogP contribution in [0.1, 0.15) is 34.5 Å². The summed E-state index contributed by atoms with van der Waals surface area (Å²) in [6, 6.07) is 8.38. The second-order valence-electron chi connectivity index (χ2n) is 6.70. The fraction of sp³-hybridized carbons (Fsp3) is 0.211. The normalized spacial score (nSPS) is 14.1. The lowest BCUT2D eigenvalue weighted by Crippen LogP contribution is -2.14. The third-order valence-electron chi connectivity index (χ3n) is 4.77. The molecule has 0 spiro atoms. The Hall–Kier alpha value is -3.20. The van der Waals surface area contributed by atoms with E-state index in [4.69, 9.17) is 4.42 Å². The topological polar surface area (TPSA) is 120 Å². The minimum absolute atomic E-state index is 0.0189. The number of non-ortho nitro benzene ring substituents is 1. The van der Waals surface area contributed by atoms with Gasteiger partial charge in [-0.3, -0.25) is 19.6 Å². The molecule has 0 amide bonds. The summed E-state index contributed by atoms with van der Waals surface area (Å²) in [6.45, 7) is 1.56. The van der Waals surface area contributed by atoms with Crippen LogP contribution in [-0.4, -0.2) is 19.1 Å². The quantitative estimate of drug-likeness (QED) is 0.523. The number of sulfonamides is 1. The van der Waals surface area contributed by atoms with Gasteiger partial charge in [-0.05, 0) is 37.1 Å². The first-order valence-corrected chi connectivity index (χ1v) is 10.1. The Morgan fingerprint density at radius 3 is 2.68 bits per heavy atom. The van der Waals surface area contributed by atoms with E-state index in [1.165, 1.54) is 18.2 Å². The van der Waals surface area contributed by atoms with Crippen molar-refractivity contribution in [2.75, 3.05) is 4.72 Å². The summed E-state index contributed by atoms with van der Waals surface area (Å²) in [4.78, 5) is 22.4. The zero-order chi connectivity index (χ0) is 20.1. The SMILES string of the molecule is Cc1ccc([N+](=O)[O-])cc1S(=O)(=O)Nc1ccc2oc3c(c2c1)C(=O)CCC3. The number of furan rings is 1. The predicted molar refractivity (Wildman–Crippen MR) is 102 cm³/mol. The van der Waals surface area contributed by atoms with Gasteiger partial charge in [0.15, 0.2) is 5.78 Å². The van der Waals surface area contributed by atoms with Crippen molar-refractivity contribution in [1.82, 2.24) is 0 Å². The highest BCUT2D eigenvalue weighted by atomic mass is 32.2. The maximum absolute atomic E-state index is 12.8. The monoisotopic (exact) mass is 400 g/mol. The van der Waals surface area contributed by atoms with E-state index in [9.17, 15) is 23.3 Å². The first-order chi connectivity index (χ1) is 13.3. The Balaban J connectivity index is 1.75. The number of ketones is 1. The molecule has 1 aliphatic rings. The highest BCUT2D eigenvalue weighted by Gasteiger charge is 2.25. The number of aryl methyl sites for hydroxylation is 2. The molecule has 0 saturated carbocycles. The van der Waals surface area contributed by atoms with Gasteiger partial charge in [-0.1, -0.05) is 6.07 Å². The van der Waals surface area contributed by atoms with Crippen LogP contribution in [0.5, 0.6) is 0 Å². The van der Waals surface area contributed by atoms with Crippen molar-refractivity contribution in [2.45, 2.75) is 31.1 Å². The zero-order valence-electron chi connectivity index (χ0n) is 14.9. The average molecular weight is 400 g/mol. The molecule has 2 aromatic carbocycles. The molecule has 4 rings (SSSR count). The lowest BCUT2D eigenvalue weighted by atomic mass is 9.94. The molecule has 0 bridgehead atoms. The van der Waals surface area contributed by atoms with Gasteiger partial charge < -0.3 is 4.42 Å². The van der Waals surface area contributed by atoms with Crippen LogP contribution >= 0.6 is 0 Å². The minimum Gasteiger partial charge on any atom is -0.460 e. The molecule has 0 fully saturated rings. The minimum atomic E-state index is -4.06. The van der Waals surface area contributed by atoms with Crippen LogP contribution in [0.25, 0.3) is 11.0 Å². The molecule has 1 heterocycles. The summed E-state index contributed by atoms with van der Waals surface area (Å²) in [5.74, 6) is 0.607. The van der Waals surface area contributed by atoms with Gasteiger partial charge in [-0.15, -0.1) is 0 Å². The number of carbonyl (C=O) groups is 1. The number of nitrogens with zero attached hydrogens (tertiary/aromatic N) is 1. The van der Waals surface area contributed by atoms with Crippen LogP contribution in [0.2, 0.25) is 0 Å². The first-order valence-electron chi connectivity index (χ1n) is 8.63. The number of carbonyl (C=O) groups excluding carboxylic acids is 1. The van der Waals surface area contributed by atoms with Crippen LogP contribution in [0.15, 0.2) is 45.7 Å². The molecule has 1 aliphatic carbocycles. The molecule has 28 heavy (non-hydrogen) atoms. The van der Waals surface area contributed by atoms with Crippen LogP contribution in [0, 0.1) is 17.0 Å². The second-order valence-corrected chi connectivity index (χ2v) is 8.35. The molecule has 3 aromatic rings. The first kappa shape index (κ1) is 18.2. The molecule has 0 unspecified atom stereocenters. The number of hydrogen-bond donors (Lipinski definition) is 1. The molecule has 8 nitrogen and oxygen atoms in total. The Morgan fingerprint density at radius 2 is 1.93 bits per heavy atom. The summed E-state index contributed by atoms with van der Waals surface area (Å²) < 4.78 is 33.8. The second kappa shape index (κ2) is 6.45. The average Bonchev–Trinajstić information content (AvgIpc) is 3.00. The molecule has 0 aliphatic heterocycles. The van der Waals surface area contributed by atoms with Crippen molar-refractivity contribution >= 4 is 38.2 Å². The Kier molecular flexibility index (Phi) is 4.19. The van der Waals surface area contributed by atoms with E-state index in [2.05, 4.69) is 4.72 Å². The standard InChI is InChI=1S/C19H16N2O6S/c1-11-5-7-13(21(23)24)10-18(11)28(25,26)20-12-6-8-16-14(9-12)19-15(22)3-2-4-17(19)27-16/h5-10,20H,2-4H2,1H3. The Labute approximate surface area is 160 Å². The fourth-order valence-electron chi connectivity index (χ4n) is 3.43. The number of nitrogens with one attached hydrogen (secondary N) is 1. The number of nitro groups is 1.